The molecule has 5 nitrogen and oxygen atoms in total. The van der Waals surface area contributed by atoms with Crippen molar-refractivity contribution >= 4 is 22.6 Å². The van der Waals surface area contributed by atoms with Crippen LogP contribution in [0.3, 0.4) is 0 Å². The molecule has 0 amide bonds. The molecule has 20 heavy (non-hydrogen) atoms. The van der Waals surface area contributed by atoms with E-state index in [0.717, 1.165) is 23.1 Å². The Kier molecular flexibility index (Phi) is 3.26. The first-order valence-corrected chi connectivity index (χ1v) is 6.74. The van der Waals surface area contributed by atoms with Gasteiger partial charge < -0.3 is 9.64 Å². The molecule has 104 valence electrons. The highest BCUT2D eigenvalue weighted by Gasteiger charge is 2.36. The minimum absolute atomic E-state index is 0.0769. The van der Waals surface area contributed by atoms with Gasteiger partial charge in [-0.1, -0.05) is 25.1 Å². The van der Waals surface area contributed by atoms with Crippen molar-refractivity contribution in [2.24, 2.45) is 11.8 Å². The van der Waals surface area contributed by atoms with E-state index >= 15 is 0 Å². The molecule has 1 saturated heterocycles. The van der Waals surface area contributed by atoms with E-state index in [1.165, 1.54) is 7.11 Å². The molecule has 2 heterocycles. The van der Waals surface area contributed by atoms with E-state index in [1.54, 1.807) is 6.20 Å². The van der Waals surface area contributed by atoms with Crippen LogP contribution in [0, 0.1) is 11.8 Å². The second-order valence-electron chi connectivity index (χ2n) is 5.26. The molecule has 0 N–H and O–H groups in total. The Hall–Kier alpha value is -2.17. The molecule has 0 aliphatic carbocycles. The van der Waals surface area contributed by atoms with Gasteiger partial charge in [0.25, 0.3) is 0 Å². The number of anilines is 1. The minimum Gasteiger partial charge on any atom is -0.469 e. The monoisotopic (exact) mass is 271 g/mol. The van der Waals surface area contributed by atoms with Crippen LogP contribution in [0.1, 0.15) is 6.92 Å². The molecule has 1 aliphatic rings. The summed E-state index contributed by atoms with van der Waals surface area (Å²) in [6, 6.07) is 7.92. The van der Waals surface area contributed by atoms with Gasteiger partial charge in [-0.25, -0.2) is 0 Å². The standard InChI is InChI=1S/C15H17N3O2/c1-10-8-18(9-12(10)15(19)20-2)14-7-16-17-13-6-4-3-5-11(13)14/h3-7,10,12H,8-9H2,1-2H3. The van der Waals surface area contributed by atoms with Crippen LogP contribution in [-0.4, -0.2) is 36.4 Å². The molecule has 5 heteroatoms. The molecular weight excluding hydrogens is 254 g/mol. The predicted octanol–water partition coefficient (Wildman–Crippen LogP) is 1.88. The van der Waals surface area contributed by atoms with Gasteiger partial charge in [-0.2, -0.15) is 10.2 Å². The normalized spacial score (nSPS) is 22.2. The third-order valence-electron chi connectivity index (χ3n) is 3.98. The first-order valence-electron chi connectivity index (χ1n) is 6.74. The molecule has 1 fully saturated rings. The van der Waals surface area contributed by atoms with Gasteiger partial charge >= 0.3 is 5.97 Å². The highest BCUT2D eigenvalue weighted by molar-refractivity contribution is 5.91. The number of carbonyl (C=O) groups excluding carboxylic acids is 1. The van der Waals surface area contributed by atoms with Crippen molar-refractivity contribution in [1.82, 2.24) is 10.2 Å². The number of hydrogen-bond acceptors (Lipinski definition) is 5. The molecule has 0 radical (unpaired) electrons. The zero-order valence-corrected chi connectivity index (χ0v) is 11.6. The summed E-state index contributed by atoms with van der Waals surface area (Å²) < 4.78 is 4.88. The number of nitrogens with zero attached hydrogens (tertiary/aromatic N) is 3. The van der Waals surface area contributed by atoms with Gasteiger partial charge in [-0.05, 0) is 12.0 Å². The van der Waals surface area contributed by atoms with Gasteiger partial charge in [0.2, 0.25) is 0 Å². The number of esters is 1. The molecule has 1 aromatic carbocycles. The smallest absolute Gasteiger partial charge is 0.310 e. The third kappa shape index (κ3) is 2.09. The van der Waals surface area contributed by atoms with E-state index < -0.39 is 0 Å². The van der Waals surface area contributed by atoms with Crippen molar-refractivity contribution in [3.05, 3.63) is 30.5 Å². The second kappa shape index (κ2) is 5.07. The van der Waals surface area contributed by atoms with Crippen LogP contribution in [0.5, 0.6) is 0 Å². The van der Waals surface area contributed by atoms with Crippen LogP contribution < -0.4 is 4.90 Å². The lowest BCUT2D eigenvalue weighted by atomic mass is 9.99. The maximum Gasteiger partial charge on any atom is 0.310 e. The SMILES string of the molecule is COC(=O)C1CN(c2cnnc3ccccc23)CC1C. The Labute approximate surface area is 117 Å². The number of fused-ring (bicyclic) bond motifs is 1. The van der Waals surface area contributed by atoms with E-state index in [9.17, 15) is 4.79 Å². The second-order valence-corrected chi connectivity index (χ2v) is 5.26. The summed E-state index contributed by atoms with van der Waals surface area (Å²) in [5, 5.41) is 9.27. The predicted molar refractivity (Wildman–Crippen MR) is 76.4 cm³/mol. The molecule has 0 spiro atoms. The molecule has 2 atom stereocenters. The Balaban J connectivity index is 1.95. The summed E-state index contributed by atoms with van der Waals surface area (Å²) in [7, 11) is 1.45. The number of benzene rings is 1. The van der Waals surface area contributed by atoms with Gasteiger partial charge in [0.1, 0.15) is 0 Å². The Morgan fingerprint density at radius 3 is 2.95 bits per heavy atom. The summed E-state index contributed by atoms with van der Waals surface area (Å²) >= 11 is 0. The fourth-order valence-electron chi connectivity index (χ4n) is 2.87. The molecule has 3 rings (SSSR count). The van der Waals surface area contributed by atoms with Crippen LogP contribution in [-0.2, 0) is 9.53 Å². The lowest BCUT2D eigenvalue weighted by Gasteiger charge is -2.19. The zero-order chi connectivity index (χ0) is 14.1. The molecule has 2 aromatic rings. The molecule has 2 unspecified atom stereocenters. The fourth-order valence-corrected chi connectivity index (χ4v) is 2.87. The Morgan fingerprint density at radius 2 is 2.15 bits per heavy atom. The van der Waals surface area contributed by atoms with Crippen LogP contribution in [0.25, 0.3) is 10.9 Å². The average Bonchev–Trinajstić information content (AvgIpc) is 2.87. The summed E-state index contributed by atoms with van der Waals surface area (Å²) in [4.78, 5) is 14.0. The van der Waals surface area contributed by atoms with Crippen molar-refractivity contribution < 1.29 is 9.53 Å². The third-order valence-corrected chi connectivity index (χ3v) is 3.98. The number of methoxy groups -OCH3 is 1. The van der Waals surface area contributed by atoms with E-state index in [4.69, 9.17) is 4.74 Å². The van der Waals surface area contributed by atoms with E-state index in [-0.39, 0.29) is 17.8 Å². The Morgan fingerprint density at radius 1 is 1.35 bits per heavy atom. The van der Waals surface area contributed by atoms with Crippen molar-refractivity contribution in [3.8, 4) is 0 Å². The van der Waals surface area contributed by atoms with Crippen molar-refractivity contribution in [2.75, 3.05) is 25.1 Å². The average molecular weight is 271 g/mol. The maximum absolute atomic E-state index is 11.8. The van der Waals surface area contributed by atoms with E-state index in [1.807, 2.05) is 24.3 Å². The highest BCUT2D eigenvalue weighted by Crippen LogP contribution is 2.32. The van der Waals surface area contributed by atoms with Crippen molar-refractivity contribution in [1.29, 1.82) is 0 Å². The van der Waals surface area contributed by atoms with Gasteiger partial charge in [0.15, 0.2) is 0 Å². The number of aromatic nitrogens is 2. The lowest BCUT2D eigenvalue weighted by molar-refractivity contribution is -0.145. The van der Waals surface area contributed by atoms with Gasteiger partial charge in [0.05, 0.1) is 30.4 Å². The van der Waals surface area contributed by atoms with Gasteiger partial charge in [0, 0.05) is 18.5 Å². The Bertz CT molecular complexity index is 639. The first kappa shape index (κ1) is 12.8. The van der Waals surface area contributed by atoms with Crippen LogP contribution in [0.15, 0.2) is 30.5 Å². The topological polar surface area (TPSA) is 55.3 Å². The van der Waals surface area contributed by atoms with Crippen molar-refractivity contribution in [3.63, 3.8) is 0 Å². The van der Waals surface area contributed by atoms with Crippen molar-refractivity contribution in [2.45, 2.75) is 6.92 Å². The molecular formula is C15H17N3O2. The molecule has 1 aromatic heterocycles. The maximum atomic E-state index is 11.8. The zero-order valence-electron chi connectivity index (χ0n) is 11.6. The molecule has 1 aliphatic heterocycles. The van der Waals surface area contributed by atoms with Gasteiger partial charge in [-0.15, -0.1) is 0 Å². The minimum atomic E-state index is -0.133. The van der Waals surface area contributed by atoms with Crippen LogP contribution in [0.4, 0.5) is 5.69 Å². The summed E-state index contributed by atoms with van der Waals surface area (Å²) in [6.45, 7) is 3.58. The largest absolute Gasteiger partial charge is 0.469 e. The molecule has 0 bridgehead atoms. The summed E-state index contributed by atoms with van der Waals surface area (Å²) in [5.41, 5.74) is 1.91. The van der Waals surface area contributed by atoms with Crippen LogP contribution in [0.2, 0.25) is 0 Å². The van der Waals surface area contributed by atoms with E-state index in [2.05, 4.69) is 22.0 Å². The molecule has 0 saturated carbocycles. The lowest BCUT2D eigenvalue weighted by Crippen LogP contribution is -2.24. The van der Waals surface area contributed by atoms with E-state index in [0.29, 0.717) is 6.54 Å². The summed E-state index contributed by atoms with van der Waals surface area (Å²) in [6.07, 6.45) is 1.77. The quantitative estimate of drug-likeness (QED) is 0.781. The van der Waals surface area contributed by atoms with Crippen LogP contribution >= 0.6 is 0 Å². The number of rotatable bonds is 2. The highest BCUT2D eigenvalue weighted by atomic mass is 16.5. The first-order chi connectivity index (χ1) is 9.70. The number of ether oxygens (including phenoxy) is 1. The van der Waals surface area contributed by atoms with Gasteiger partial charge in [-0.3, -0.25) is 4.79 Å². The fraction of sp³-hybridized carbons (Fsp3) is 0.400. The number of carbonyl (C=O) groups is 1. The summed E-state index contributed by atoms with van der Waals surface area (Å²) in [5.74, 6) is 0.0626. The number of hydrogen-bond donors (Lipinski definition) is 0.